The van der Waals surface area contributed by atoms with E-state index in [1.54, 1.807) is 35.1 Å². The number of sulfonamides is 1. The third kappa shape index (κ3) is 4.20. The first kappa shape index (κ1) is 21.5. The second-order valence-corrected chi connectivity index (χ2v) is 9.97. The fraction of sp³-hybridized carbons (Fsp3) is 0.261. The summed E-state index contributed by atoms with van der Waals surface area (Å²) >= 11 is 0. The number of rotatable bonds is 5. The van der Waals surface area contributed by atoms with Gasteiger partial charge in [-0.05, 0) is 61.4 Å². The van der Waals surface area contributed by atoms with Gasteiger partial charge < -0.3 is 10.1 Å². The summed E-state index contributed by atoms with van der Waals surface area (Å²) in [4.78, 5) is 9.06. The molecule has 0 atom stereocenters. The van der Waals surface area contributed by atoms with Crippen LogP contribution in [0, 0.1) is 13.8 Å². The van der Waals surface area contributed by atoms with E-state index in [2.05, 4.69) is 38.6 Å². The van der Waals surface area contributed by atoms with Crippen LogP contribution in [0.5, 0.6) is 0 Å². The van der Waals surface area contributed by atoms with Crippen molar-refractivity contribution in [3.05, 3.63) is 66.1 Å². The lowest BCUT2D eigenvalue weighted by Crippen LogP contribution is -2.40. The molecule has 33 heavy (non-hydrogen) atoms. The molecule has 0 saturated carbocycles. The van der Waals surface area contributed by atoms with Crippen LogP contribution in [0.25, 0.3) is 16.7 Å². The van der Waals surface area contributed by atoms with Gasteiger partial charge in [-0.25, -0.2) is 23.1 Å². The summed E-state index contributed by atoms with van der Waals surface area (Å²) in [5, 5.41) is 8.55. The van der Waals surface area contributed by atoms with Crippen LogP contribution in [0.15, 0.2) is 59.9 Å². The van der Waals surface area contributed by atoms with Crippen molar-refractivity contribution in [2.75, 3.05) is 31.6 Å². The summed E-state index contributed by atoms with van der Waals surface area (Å²) in [6.07, 6.45) is 3.22. The summed E-state index contributed by atoms with van der Waals surface area (Å²) in [5.74, 6) is 0.597. The van der Waals surface area contributed by atoms with Crippen molar-refractivity contribution in [2.45, 2.75) is 18.7 Å². The fourth-order valence-corrected chi connectivity index (χ4v) is 5.40. The Morgan fingerprint density at radius 1 is 0.970 bits per heavy atom. The first-order valence-electron chi connectivity index (χ1n) is 10.6. The van der Waals surface area contributed by atoms with Gasteiger partial charge in [0.1, 0.15) is 12.1 Å². The normalized spacial score (nSPS) is 15.1. The number of hydrogen-bond acceptors (Lipinski definition) is 7. The van der Waals surface area contributed by atoms with Crippen LogP contribution in [0.4, 0.5) is 11.5 Å². The topological polar surface area (TPSA) is 102 Å². The molecule has 9 nitrogen and oxygen atoms in total. The quantitative estimate of drug-likeness (QED) is 0.484. The van der Waals surface area contributed by atoms with E-state index in [9.17, 15) is 8.42 Å². The van der Waals surface area contributed by atoms with Crippen LogP contribution >= 0.6 is 0 Å². The van der Waals surface area contributed by atoms with Crippen molar-refractivity contribution in [1.82, 2.24) is 24.1 Å². The van der Waals surface area contributed by atoms with E-state index >= 15 is 0 Å². The van der Waals surface area contributed by atoms with E-state index in [0.717, 1.165) is 27.9 Å². The third-order valence-electron chi connectivity index (χ3n) is 5.54. The molecule has 0 amide bonds. The molecule has 1 fully saturated rings. The molecule has 2 aromatic heterocycles. The van der Waals surface area contributed by atoms with E-state index < -0.39 is 10.0 Å². The SMILES string of the molecule is Cc1cc(C)cc(-n2ncc3c(Nc4ccc(S(=O)(=O)N5CCOCC5)cc4)ncnc32)c1. The molecule has 1 N–H and O–H groups in total. The first-order valence-corrected chi connectivity index (χ1v) is 12.1. The Hall–Kier alpha value is -3.34. The first-order chi connectivity index (χ1) is 15.9. The maximum Gasteiger partial charge on any atom is 0.243 e. The highest BCUT2D eigenvalue weighted by Gasteiger charge is 2.26. The van der Waals surface area contributed by atoms with Crippen molar-refractivity contribution < 1.29 is 13.2 Å². The molecule has 0 unspecified atom stereocenters. The number of benzene rings is 2. The number of nitrogens with zero attached hydrogens (tertiary/aromatic N) is 5. The molecule has 0 bridgehead atoms. The van der Waals surface area contributed by atoms with Gasteiger partial charge in [0.25, 0.3) is 0 Å². The van der Waals surface area contributed by atoms with Gasteiger partial charge in [0.2, 0.25) is 10.0 Å². The standard InChI is InChI=1S/C23H24N6O3S/c1-16-11-17(2)13-19(12-16)29-23-21(14-26-29)22(24-15-25-23)27-18-3-5-20(6-4-18)33(30,31)28-7-9-32-10-8-28/h3-6,11-15H,7-10H2,1-2H3,(H,24,25,27). The van der Waals surface area contributed by atoms with E-state index in [1.165, 1.54) is 10.6 Å². The van der Waals surface area contributed by atoms with Gasteiger partial charge in [-0.1, -0.05) is 6.07 Å². The number of nitrogens with one attached hydrogen (secondary N) is 1. The molecule has 3 heterocycles. The van der Waals surface area contributed by atoms with Crippen LogP contribution in [0.1, 0.15) is 11.1 Å². The highest BCUT2D eigenvalue weighted by molar-refractivity contribution is 7.89. The van der Waals surface area contributed by atoms with Crippen molar-refractivity contribution in [2.24, 2.45) is 0 Å². The number of anilines is 2. The minimum absolute atomic E-state index is 0.255. The van der Waals surface area contributed by atoms with Crippen molar-refractivity contribution in [3.8, 4) is 5.69 Å². The molecule has 1 aliphatic heterocycles. The van der Waals surface area contributed by atoms with Gasteiger partial charge in [0.05, 0.1) is 35.4 Å². The van der Waals surface area contributed by atoms with Crippen LogP contribution in [0.2, 0.25) is 0 Å². The van der Waals surface area contributed by atoms with Gasteiger partial charge in [0, 0.05) is 18.8 Å². The molecular formula is C23H24N6O3S. The maximum absolute atomic E-state index is 12.8. The number of hydrogen-bond donors (Lipinski definition) is 1. The molecule has 2 aromatic carbocycles. The Kier molecular flexibility index (Phi) is 5.57. The van der Waals surface area contributed by atoms with Crippen LogP contribution in [0.3, 0.4) is 0 Å². The van der Waals surface area contributed by atoms with Crippen molar-refractivity contribution in [3.63, 3.8) is 0 Å². The molecule has 5 rings (SSSR count). The summed E-state index contributed by atoms with van der Waals surface area (Å²) in [6, 6.07) is 12.9. The average Bonchev–Trinajstić information content (AvgIpc) is 3.25. The second kappa shape index (κ2) is 8.54. The Balaban J connectivity index is 1.42. The summed E-state index contributed by atoms with van der Waals surface area (Å²) in [6.45, 7) is 5.66. The molecule has 10 heteroatoms. The predicted octanol–water partition coefficient (Wildman–Crippen LogP) is 3.20. The summed E-state index contributed by atoms with van der Waals surface area (Å²) in [5.41, 5.74) is 4.63. The van der Waals surface area contributed by atoms with E-state index in [-0.39, 0.29) is 4.90 Å². The summed E-state index contributed by atoms with van der Waals surface area (Å²) < 4.78 is 34.2. The minimum atomic E-state index is -3.53. The zero-order valence-electron chi connectivity index (χ0n) is 18.4. The fourth-order valence-electron chi connectivity index (χ4n) is 3.99. The van der Waals surface area contributed by atoms with Crippen LogP contribution in [-0.4, -0.2) is 58.8 Å². The zero-order chi connectivity index (χ0) is 23.0. The Morgan fingerprint density at radius 3 is 2.36 bits per heavy atom. The minimum Gasteiger partial charge on any atom is -0.379 e. The highest BCUT2D eigenvalue weighted by atomic mass is 32.2. The molecule has 170 valence electrons. The number of aryl methyl sites for hydroxylation is 2. The van der Waals surface area contributed by atoms with Crippen LogP contribution < -0.4 is 5.32 Å². The van der Waals surface area contributed by atoms with E-state index in [4.69, 9.17) is 4.74 Å². The van der Waals surface area contributed by atoms with E-state index in [0.29, 0.717) is 37.8 Å². The molecule has 0 spiro atoms. The molecule has 0 radical (unpaired) electrons. The summed E-state index contributed by atoms with van der Waals surface area (Å²) in [7, 11) is -3.53. The van der Waals surface area contributed by atoms with E-state index in [1.807, 2.05) is 13.8 Å². The van der Waals surface area contributed by atoms with Crippen LogP contribution in [-0.2, 0) is 14.8 Å². The zero-order valence-corrected chi connectivity index (χ0v) is 19.2. The molecule has 1 saturated heterocycles. The van der Waals surface area contributed by atoms with Gasteiger partial charge >= 0.3 is 0 Å². The monoisotopic (exact) mass is 464 g/mol. The van der Waals surface area contributed by atoms with Gasteiger partial charge in [-0.3, -0.25) is 0 Å². The van der Waals surface area contributed by atoms with Gasteiger partial charge in [-0.2, -0.15) is 9.40 Å². The average molecular weight is 465 g/mol. The number of aromatic nitrogens is 4. The highest BCUT2D eigenvalue weighted by Crippen LogP contribution is 2.26. The van der Waals surface area contributed by atoms with Crippen molar-refractivity contribution >= 4 is 32.6 Å². The second-order valence-electron chi connectivity index (χ2n) is 8.03. The Bertz CT molecular complexity index is 1390. The third-order valence-corrected chi connectivity index (χ3v) is 7.45. The number of morpholine rings is 1. The van der Waals surface area contributed by atoms with Crippen molar-refractivity contribution in [1.29, 1.82) is 0 Å². The lowest BCUT2D eigenvalue weighted by Gasteiger charge is -2.26. The predicted molar refractivity (Wildman–Crippen MR) is 125 cm³/mol. The molecule has 0 aliphatic carbocycles. The number of ether oxygens (including phenoxy) is 1. The van der Waals surface area contributed by atoms with Gasteiger partial charge in [0.15, 0.2) is 5.65 Å². The Morgan fingerprint density at radius 2 is 1.67 bits per heavy atom. The Labute approximate surface area is 192 Å². The number of fused-ring (bicyclic) bond motifs is 1. The smallest absolute Gasteiger partial charge is 0.243 e. The molecule has 4 aromatic rings. The lowest BCUT2D eigenvalue weighted by atomic mass is 10.1. The molecule has 1 aliphatic rings. The maximum atomic E-state index is 12.8. The largest absolute Gasteiger partial charge is 0.379 e. The molecular weight excluding hydrogens is 440 g/mol. The van der Waals surface area contributed by atoms with Gasteiger partial charge in [-0.15, -0.1) is 0 Å². The lowest BCUT2D eigenvalue weighted by molar-refractivity contribution is 0.0730.